The van der Waals surface area contributed by atoms with Gasteiger partial charge in [0.1, 0.15) is 0 Å². The van der Waals surface area contributed by atoms with Crippen molar-refractivity contribution in [2.24, 2.45) is 5.10 Å². The Kier molecular flexibility index (Phi) is 7.07. The minimum Gasteiger partial charge on any atom is -0.273 e. The van der Waals surface area contributed by atoms with Crippen LogP contribution in [0.3, 0.4) is 0 Å². The normalized spacial score (nSPS) is 10.3. The molecule has 0 unspecified atom stereocenters. The summed E-state index contributed by atoms with van der Waals surface area (Å²) in [7, 11) is 0. The van der Waals surface area contributed by atoms with Crippen molar-refractivity contribution >= 4 is 12.6 Å². The first-order valence-corrected chi connectivity index (χ1v) is 5.42. The van der Waals surface area contributed by atoms with Crippen molar-refractivity contribution in [2.75, 3.05) is 0 Å². The van der Waals surface area contributed by atoms with Crippen molar-refractivity contribution in [1.82, 2.24) is 5.01 Å². The van der Waals surface area contributed by atoms with Gasteiger partial charge in [-0.05, 0) is 20.3 Å². The number of carbonyl (C=O) groups is 1. The molecule has 0 bridgehead atoms. The lowest BCUT2D eigenvalue weighted by Gasteiger charge is -2.20. The van der Waals surface area contributed by atoms with Crippen LogP contribution in [0.2, 0.25) is 0 Å². The highest BCUT2D eigenvalue weighted by Crippen LogP contribution is 2.07. The second-order valence-electron chi connectivity index (χ2n) is 3.78. The Hall–Kier alpha value is -0.860. The standard InChI is InChI=1S/C11H22N2O/c1-5-6-7-8-9-11(14)13(12-4)10(2)3/h10H,4-9H2,1-3H3. The Bertz CT molecular complexity index is 178. The number of hydrogen-bond acceptors (Lipinski definition) is 2. The smallest absolute Gasteiger partial charge is 0.242 e. The van der Waals surface area contributed by atoms with Gasteiger partial charge in [-0.3, -0.25) is 4.79 Å². The van der Waals surface area contributed by atoms with Crippen LogP contribution < -0.4 is 0 Å². The molecule has 0 radical (unpaired) electrons. The zero-order valence-electron chi connectivity index (χ0n) is 9.62. The number of unbranched alkanes of at least 4 members (excludes halogenated alkanes) is 3. The number of hydrogen-bond donors (Lipinski definition) is 0. The second kappa shape index (κ2) is 7.54. The summed E-state index contributed by atoms with van der Waals surface area (Å²) in [6, 6.07) is 0.117. The van der Waals surface area contributed by atoms with Gasteiger partial charge in [-0.1, -0.05) is 26.2 Å². The highest BCUT2D eigenvalue weighted by Gasteiger charge is 2.13. The van der Waals surface area contributed by atoms with Gasteiger partial charge in [0.2, 0.25) is 5.91 Å². The molecule has 0 aliphatic carbocycles. The lowest BCUT2D eigenvalue weighted by Crippen LogP contribution is -2.31. The van der Waals surface area contributed by atoms with Crippen LogP contribution in [0.5, 0.6) is 0 Å². The first-order valence-electron chi connectivity index (χ1n) is 5.42. The molecule has 0 aromatic carbocycles. The maximum absolute atomic E-state index is 11.6. The monoisotopic (exact) mass is 198 g/mol. The van der Waals surface area contributed by atoms with Crippen molar-refractivity contribution in [2.45, 2.75) is 58.9 Å². The summed E-state index contributed by atoms with van der Waals surface area (Å²) in [4.78, 5) is 11.6. The molecule has 1 amide bonds. The van der Waals surface area contributed by atoms with Gasteiger partial charge in [-0.2, -0.15) is 5.10 Å². The molecule has 0 rings (SSSR count). The number of carbonyl (C=O) groups excluding carboxylic acids is 1. The van der Waals surface area contributed by atoms with Gasteiger partial charge in [0, 0.05) is 19.2 Å². The molecule has 0 saturated heterocycles. The summed E-state index contributed by atoms with van der Waals surface area (Å²) in [6.45, 7) is 9.45. The van der Waals surface area contributed by atoms with Gasteiger partial charge < -0.3 is 0 Å². The lowest BCUT2D eigenvalue weighted by atomic mass is 10.1. The van der Waals surface area contributed by atoms with E-state index in [9.17, 15) is 4.79 Å². The first kappa shape index (κ1) is 13.1. The fourth-order valence-corrected chi connectivity index (χ4v) is 1.35. The van der Waals surface area contributed by atoms with E-state index in [1.165, 1.54) is 17.9 Å². The molecule has 3 heteroatoms. The van der Waals surface area contributed by atoms with Gasteiger partial charge >= 0.3 is 0 Å². The molecule has 0 aromatic rings. The molecule has 14 heavy (non-hydrogen) atoms. The van der Waals surface area contributed by atoms with Crippen LogP contribution >= 0.6 is 0 Å². The Labute approximate surface area is 87.2 Å². The van der Waals surface area contributed by atoms with E-state index in [1.807, 2.05) is 13.8 Å². The molecule has 3 nitrogen and oxygen atoms in total. The molecule has 0 aliphatic rings. The van der Waals surface area contributed by atoms with Gasteiger partial charge in [-0.15, -0.1) is 0 Å². The summed E-state index contributed by atoms with van der Waals surface area (Å²) in [5.74, 6) is 0.0890. The molecule has 0 spiro atoms. The van der Waals surface area contributed by atoms with Crippen molar-refractivity contribution in [1.29, 1.82) is 0 Å². The first-order chi connectivity index (χ1) is 6.63. The van der Waals surface area contributed by atoms with Crippen molar-refractivity contribution < 1.29 is 4.79 Å². The van der Waals surface area contributed by atoms with Gasteiger partial charge in [-0.25, -0.2) is 5.01 Å². The Morgan fingerprint density at radius 3 is 2.43 bits per heavy atom. The van der Waals surface area contributed by atoms with Crippen LogP contribution in [0.4, 0.5) is 0 Å². The quantitative estimate of drug-likeness (QED) is 0.352. The van der Waals surface area contributed by atoms with Gasteiger partial charge in [0.15, 0.2) is 0 Å². The molecule has 0 aromatic heterocycles. The molecule has 0 fully saturated rings. The van der Waals surface area contributed by atoms with Crippen LogP contribution in [-0.2, 0) is 4.79 Å². The van der Waals surface area contributed by atoms with Crippen LogP contribution in [-0.4, -0.2) is 23.7 Å². The molecule has 0 saturated carbocycles. The summed E-state index contributed by atoms with van der Waals surface area (Å²) >= 11 is 0. The van der Waals surface area contributed by atoms with E-state index >= 15 is 0 Å². The van der Waals surface area contributed by atoms with E-state index in [1.54, 1.807) is 0 Å². The molecular formula is C11H22N2O. The fraction of sp³-hybridized carbons (Fsp3) is 0.818. The molecule has 0 atom stereocenters. The fourth-order valence-electron chi connectivity index (χ4n) is 1.35. The maximum Gasteiger partial charge on any atom is 0.242 e. The van der Waals surface area contributed by atoms with E-state index in [-0.39, 0.29) is 11.9 Å². The Balaban J connectivity index is 3.76. The average Bonchev–Trinajstić information content (AvgIpc) is 2.13. The van der Waals surface area contributed by atoms with Crippen molar-refractivity contribution in [3.8, 4) is 0 Å². The van der Waals surface area contributed by atoms with Crippen LogP contribution in [0.15, 0.2) is 5.10 Å². The van der Waals surface area contributed by atoms with Crippen LogP contribution in [0, 0.1) is 0 Å². The number of amides is 1. The zero-order chi connectivity index (χ0) is 11.0. The summed E-state index contributed by atoms with van der Waals surface area (Å²) in [5, 5.41) is 5.18. The highest BCUT2D eigenvalue weighted by molar-refractivity contribution is 5.76. The minimum atomic E-state index is 0.0890. The highest BCUT2D eigenvalue weighted by atomic mass is 16.2. The maximum atomic E-state index is 11.6. The number of hydrazone groups is 1. The number of rotatable bonds is 7. The summed E-state index contributed by atoms with van der Waals surface area (Å²) in [5.41, 5.74) is 0. The van der Waals surface area contributed by atoms with Crippen molar-refractivity contribution in [3.63, 3.8) is 0 Å². The summed E-state index contributed by atoms with van der Waals surface area (Å²) in [6.07, 6.45) is 5.09. The lowest BCUT2D eigenvalue weighted by molar-refractivity contribution is -0.132. The topological polar surface area (TPSA) is 32.7 Å². The van der Waals surface area contributed by atoms with Gasteiger partial charge in [0.25, 0.3) is 0 Å². The van der Waals surface area contributed by atoms with Gasteiger partial charge in [0.05, 0.1) is 0 Å². The molecule has 82 valence electrons. The zero-order valence-corrected chi connectivity index (χ0v) is 9.62. The SMILES string of the molecule is C=NN(C(=O)CCCCCC)C(C)C. The van der Waals surface area contributed by atoms with E-state index in [2.05, 4.69) is 18.7 Å². The van der Waals surface area contributed by atoms with E-state index in [0.29, 0.717) is 6.42 Å². The largest absolute Gasteiger partial charge is 0.273 e. The average molecular weight is 198 g/mol. The van der Waals surface area contributed by atoms with Crippen LogP contribution in [0.25, 0.3) is 0 Å². The van der Waals surface area contributed by atoms with E-state index in [4.69, 9.17) is 0 Å². The third-order valence-corrected chi connectivity index (χ3v) is 2.14. The number of nitrogens with zero attached hydrogens (tertiary/aromatic N) is 2. The molecule has 0 heterocycles. The predicted molar refractivity (Wildman–Crippen MR) is 60.3 cm³/mol. The van der Waals surface area contributed by atoms with E-state index < -0.39 is 0 Å². The minimum absolute atomic E-state index is 0.0890. The van der Waals surface area contributed by atoms with E-state index in [0.717, 1.165) is 12.8 Å². The molecule has 0 aliphatic heterocycles. The Morgan fingerprint density at radius 1 is 1.36 bits per heavy atom. The molecule has 0 N–H and O–H groups in total. The predicted octanol–water partition coefficient (Wildman–Crippen LogP) is 2.81. The van der Waals surface area contributed by atoms with Crippen LogP contribution in [0.1, 0.15) is 52.9 Å². The summed E-state index contributed by atoms with van der Waals surface area (Å²) < 4.78 is 0. The third-order valence-electron chi connectivity index (χ3n) is 2.14. The Morgan fingerprint density at radius 2 is 2.00 bits per heavy atom. The van der Waals surface area contributed by atoms with Crippen molar-refractivity contribution in [3.05, 3.63) is 0 Å². The second-order valence-corrected chi connectivity index (χ2v) is 3.78. The third kappa shape index (κ3) is 5.00. The molecular weight excluding hydrogens is 176 g/mol.